The highest BCUT2D eigenvalue weighted by Crippen LogP contribution is 2.13. The minimum absolute atomic E-state index is 0.456. The Kier molecular flexibility index (Phi) is 3.58. The highest BCUT2D eigenvalue weighted by molar-refractivity contribution is 7.07. The third-order valence-corrected chi connectivity index (χ3v) is 2.65. The van der Waals surface area contributed by atoms with Crippen LogP contribution in [0.4, 0.5) is 0 Å². The molecule has 0 bridgehead atoms. The quantitative estimate of drug-likeness (QED) is 0.880. The van der Waals surface area contributed by atoms with Gasteiger partial charge in [-0.25, -0.2) is 15.0 Å². The van der Waals surface area contributed by atoms with Crippen molar-refractivity contribution in [2.75, 3.05) is 0 Å². The molecule has 0 aliphatic carbocycles. The Balaban J connectivity index is 2.14. The summed E-state index contributed by atoms with van der Waals surface area (Å²) in [5.74, 6) is 0.698. The van der Waals surface area contributed by atoms with Crippen LogP contribution in [0.3, 0.4) is 0 Å². The Morgan fingerprint density at radius 3 is 2.94 bits per heavy atom. The van der Waals surface area contributed by atoms with Crippen LogP contribution < -0.4 is 5.32 Å². The average molecular weight is 234 g/mol. The van der Waals surface area contributed by atoms with Crippen LogP contribution in [0.5, 0.6) is 0 Å². The predicted octanol–water partition coefficient (Wildman–Crippen LogP) is 2.10. The van der Waals surface area contributed by atoms with Crippen molar-refractivity contribution < 1.29 is 0 Å². The lowest BCUT2D eigenvalue weighted by molar-refractivity contribution is 0.581. The van der Waals surface area contributed by atoms with E-state index in [1.54, 1.807) is 23.0 Å². The summed E-state index contributed by atoms with van der Waals surface area (Å²) < 4.78 is 0. The van der Waals surface area contributed by atoms with Gasteiger partial charge in [-0.05, 0) is 6.07 Å². The molecule has 5 heteroatoms. The molecule has 16 heavy (non-hydrogen) atoms. The molecule has 84 valence electrons. The van der Waals surface area contributed by atoms with Crippen molar-refractivity contribution in [1.29, 1.82) is 0 Å². The summed E-state index contributed by atoms with van der Waals surface area (Å²) in [6.45, 7) is 4.99. The van der Waals surface area contributed by atoms with Crippen molar-refractivity contribution in [3.63, 3.8) is 0 Å². The van der Waals surface area contributed by atoms with Crippen LogP contribution in [-0.2, 0) is 6.54 Å². The first-order valence-corrected chi connectivity index (χ1v) is 6.14. The molecule has 0 spiro atoms. The zero-order valence-corrected chi connectivity index (χ0v) is 10.2. The van der Waals surface area contributed by atoms with Gasteiger partial charge < -0.3 is 5.32 Å². The number of hydrogen-bond donors (Lipinski definition) is 1. The molecule has 2 rings (SSSR count). The van der Waals surface area contributed by atoms with Crippen molar-refractivity contribution in [3.8, 4) is 11.5 Å². The van der Waals surface area contributed by atoms with E-state index in [0.29, 0.717) is 11.9 Å². The maximum absolute atomic E-state index is 4.46. The maximum atomic E-state index is 4.46. The third-order valence-electron chi connectivity index (χ3n) is 2.07. The van der Waals surface area contributed by atoms with Gasteiger partial charge in [-0.2, -0.15) is 0 Å². The fraction of sp³-hybridized carbons (Fsp3) is 0.364. The molecule has 0 saturated carbocycles. The lowest BCUT2D eigenvalue weighted by atomic mass is 10.3. The maximum Gasteiger partial charge on any atom is 0.179 e. The molecular weight excluding hydrogens is 220 g/mol. The van der Waals surface area contributed by atoms with Crippen LogP contribution in [0.1, 0.15) is 19.5 Å². The first-order chi connectivity index (χ1) is 7.75. The second-order valence-electron chi connectivity index (χ2n) is 3.78. The van der Waals surface area contributed by atoms with E-state index in [1.165, 1.54) is 0 Å². The summed E-state index contributed by atoms with van der Waals surface area (Å²) in [6, 6.07) is 2.38. The summed E-state index contributed by atoms with van der Waals surface area (Å²) in [4.78, 5) is 12.9. The zero-order valence-electron chi connectivity index (χ0n) is 9.34. The average Bonchev–Trinajstić information content (AvgIpc) is 2.80. The molecule has 2 heterocycles. The standard InChI is InChI=1S/C11H14N4S/c1-8(2)13-5-9-3-4-12-11(15-9)10-6-16-7-14-10/h3-4,6-8,13H,5H2,1-2H3. The molecule has 2 aromatic heterocycles. The van der Waals surface area contributed by atoms with Crippen LogP contribution >= 0.6 is 11.3 Å². The van der Waals surface area contributed by atoms with Crippen molar-refractivity contribution >= 4 is 11.3 Å². The number of thiazole rings is 1. The lowest BCUT2D eigenvalue weighted by Gasteiger charge is -2.07. The van der Waals surface area contributed by atoms with Gasteiger partial charge in [-0.3, -0.25) is 0 Å². The Morgan fingerprint density at radius 1 is 1.38 bits per heavy atom. The lowest BCUT2D eigenvalue weighted by Crippen LogP contribution is -2.22. The molecule has 0 radical (unpaired) electrons. The summed E-state index contributed by atoms with van der Waals surface area (Å²) in [7, 11) is 0. The summed E-state index contributed by atoms with van der Waals surface area (Å²) >= 11 is 1.55. The van der Waals surface area contributed by atoms with Crippen LogP contribution in [0.25, 0.3) is 11.5 Å². The SMILES string of the molecule is CC(C)NCc1ccnc(-c2cscn2)n1. The van der Waals surface area contributed by atoms with E-state index in [9.17, 15) is 0 Å². The first kappa shape index (κ1) is 11.2. The van der Waals surface area contributed by atoms with Crippen LogP contribution in [-0.4, -0.2) is 21.0 Å². The van der Waals surface area contributed by atoms with Crippen molar-refractivity contribution in [2.24, 2.45) is 0 Å². The normalized spacial score (nSPS) is 10.9. The molecule has 4 nitrogen and oxygen atoms in total. The number of nitrogens with zero attached hydrogens (tertiary/aromatic N) is 3. The second kappa shape index (κ2) is 5.14. The van der Waals surface area contributed by atoms with Gasteiger partial charge in [-0.1, -0.05) is 13.8 Å². The Bertz CT molecular complexity index is 439. The van der Waals surface area contributed by atoms with Crippen molar-refractivity contribution in [3.05, 3.63) is 28.8 Å². The third kappa shape index (κ3) is 2.84. The van der Waals surface area contributed by atoms with E-state index >= 15 is 0 Å². The minimum Gasteiger partial charge on any atom is -0.309 e. The highest BCUT2D eigenvalue weighted by atomic mass is 32.1. The van der Waals surface area contributed by atoms with Crippen LogP contribution in [0, 0.1) is 0 Å². The molecule has 0 aliphatic rings. The topological polar surface area (TPSA) is 50.7 Å². The van der Waals surface area contributed by atoms with Gasteiger partial charge in [0, 0.05) is 24.2 Å². The molecular formula is C11H14N4S. The van der Waals surface area contributed by atoms with E-state index in [0.717, 1.165) is 17.9 Å². The molecule has 0 unspecified atom stereocenters. The van der Waals surface area contributed by atoms with Crippen molar-refractivity contribution in [2.45, 2.75) is 26.4 Å². The fourth-order valence-corrected chi connectivity index (χ4v) is 1.78. The first-order valence-electron chi connectivity index (χ1n) is 5.19. The van der Waals surface area contributed by atoms with Gasteiger partial charge >= 0.3 is 0 Å². The Hall–Kier alpha value is -1.33. The van der Waals surface area contributed by atoms with Gasteiger partial charge in [0.25, 0.3) is 0 Å². The Morgan fingerprint density at radius 2 is 2.25 bits per heavy atom. The summed E-state index contributed by atoms with van der Waals surface area (Å²) in [5.41, 5.74) is 3.63. The molecule has 0 aromatic carbocycles. The van der Waals surface area contributed by atoms with Crippen LogP contribution in [0.15, 0.2) is 23.2 Å². The van der Waals surface area contributed by atoms with Gasteiger partial charge in [0.15, 0.2) is 5.82 Å². The molecule has 0 amide bonds. The van der Waals surface area contributed by atoms with E-state index in [-0.39, 0.29) is 0 Å². The summed E-state index contributed by atoms with van der Waals surface area (Å²) in [5, 5.41) is 5.28. The zero-order chi connectivity index (χ0) is 11.4. The molecule has 0 aliphatic heterocycles. The molecule has 2 aromatic rings. The summed E-state index contributed by atoms with van der Waals surface area (Å²) in [6.07, 6.45) is 1.78. The monoisotopic (exact) mass is 234 g/mol. The van der Waals surface area contributed by atoms with Gasteiger partial charge in [0.1, 0.15) is 5.69 Å². The van der Waals surface area contributed by atoms with Crippen LogP contribution in [0.2, 0.25) is 0 Å². The smallest absolute Gasteiger partial charge is 0.179 e. The number of aromatic nitrogens is 3. The largest absolute Gasteiger partial charge is 0.309 e. The van der Waals surface area contributed by atoms with Gasteiger partial charge in [0.05, 0.1) is 11.2 Å². The predicted molar refractivity (Wildman–Crippen MR) is 65.1 cm³/mol. The van der Waals surface area contributed by atoms with Gasteiger partial charge in [0.2, 0.25) is 0 Å². The Labute approximate surface area is 98.8 Å². The number of hydrogen-bond acceptors (Lipinski definition) is 5. The molecule has 0 saturated heterocycles. The number of nitrogens with one attached hydrogen (secondary N) is 1. The van der Waals surface area contributed by atoms with E-state index in [4.69, 9.17) is 0 Å². The van der Waals surface area contributed by atoms with E-state index in [2.05, 4.69) is 34.1 Å². The minimum atomic E-state index is 0.456. The number of rotatable bonds is 4. The van der Waals surface area contributed by atoms with Crippen molar-refractivity contribution in [1.82, 2.24) is 20.3 Å². The second-order valence-corrected chi connectivity index (χ2v) is 4.50. The van der Waals surface area contributed by atoms with Gasteiger partial charge in [-0.15, -0.1) is 11.3 Å². The van der Waals surface area contributed by atoms with E-state index < -0.39 is 0 Å². The highest BCUT2D eigenvalue weighted by Gasteiger charge is 2.04. The molecule has 1 N–H and O–H groups in total. The molecule has 0 atom stereocenters. The molecule has 0 fully saturated rings. The van der Waals surface area contributed by atoms with E-state index in [1.807, 2.05) is 11.4 Å². The fourth-order valence-electron chi connectivity index (χ4n) is 1.25.